The SMILES string of the molecule is c1ccc(-c2cc(-c3ccccc3)cc(-n3c4cc(-c5cc(-c6ccccc6)cc(-c6ccccc6)n5)cc5c4c4c(cc(-n6c7ccccc7c7ccccc76)cc43)CC5)c2)cc1. The van der Waals surface area contributed by atoms with Gasteiger partial charge in [0.1, 0.15) is 0 Å². The van der Waals surface area contributed by atoms with Crippen LogP contribution in [0.15, 0.2) is 224 Å². The molecule has 13 rings (SSSR count). The lowest BCUT2D eigenvalue weighted by Crippen LogP contribution is -2.02. The smallest absolute Gasteiger partial charge is 0.0716 e. The summed E-state index contributed by atoms with van der Waals surface area (Å²) in [6, 6.07) is 82.0. The van der Waals surface area contributed by atoms with Crippen molar-refractivity contribution in [2.24, 2.45) is 0 Å². The fraction of sp³-hybridized carbons (Fsp3) is 0.0328. The van der Waals surface area contributed by atoms with E-state index >= 15 is 0 Å². The number of fused-ring (bicyclic) bond motifs is 3. The maximum atomic E-state index is 5.45. The zero-order chi connectivity index (χ0) is 42.1. The number of hydrogen-bond acceptors (Lipinski definition) is 1. The van der Waals surface area contributed by atoms with Gasteiger partial charge in [-0.3, -0.25) is 0 Å². The minimum absolute atomic E-state index is 0.941. The predicted octanol–water partition coefficient (Wildman–Crippen LogP) is 15.7. The highest BCUT2D eigenvalue weighted by Gasteiger charge is 2.26. The molecule has 0 spiro atoms. The van der Waals surface area contributed by atoms with Gasteiger partial charge in [0.2, 0.25) is 0 Å². The fourth-order valence-corrected chi connectivity index (χ4v) is 10.4. The van der Waals surface area contributed by atoms with Crippen LogP contribution in [0.3, 0.4) is 0 Å². The summed E-state index contributed by atoms with van der Waals surface area (Å²) in [5, 5.41) is 5.21. The van der Waals surface area contributed by atoms with Gasteiger partial charge in [0.25, 0.3) is 0 Å². The van der Waals surface area contributed by atoms with Crippen molar-refractivity contribution in [3.8, 4) is 67.3 Å². The van der Waals surface area contributed by atoms with Crippen molar-refractivity contribution in [2.45, 2.75) is 12.8 Å². The van der Waals surface area contributed by atoms with Crippen molar-refractivity contribution < 1.29 is 0 Å². The second-order valence-corrected chi connectivity index (χ2v) is 17.1. The Hall–Kier alpha value is -8.27. The van der Waals surface area contributed by atoms with Crippen LogP contribution in [0.1, 0.15) is 11.1 Å². The van der Waals surface area contributed by atoms with E-state index in [1.165, 1.54) is 88.2 Å². The van der Waals surface area contributed by atoms with E-state index < -0.39 is 0 Å². The summed E-state index contributed by atoms with van der Waals surface area (Å²) in [5.74, 6) is 0. The molecule has 300 valence electrons. The number of rotatable bonds is 7. The lowest BCUT2D eigenvalue weighted by Gasteiger charge is -2.17. The van der Waals surface area contributed by atoms with Crippen LogP contribution in [-0.2, 0) is 12.8 Å². The molecule has 0 bridgehead atoms. The largest absolute Gasteiger partial charge is 0.309 e. The highest BCUT2D eigenvalue weighted by Crippen LogP contribution is 2.45. The van der Waals surface area contributed by atoms with Crippen LogP contribution >= 0.6 is 0 Å². The number of benzene rings is 9. The number of para-hydroxylation sites is 2. The summed E-state index contributed by atoms with van der Waals surface area (Å²) in [6.45, 7) is 0. The molecule has 0 atom stereocenters. The van der Waals surface area contributed by atoms with Gasteiger partial charge in [-0.2, -0.15) is 0 Å². The second kappa shape index (κ2) is 14.7. The highest BCUT2D eigenvalue weighted by atomic mass is 15.0. The quantitative estimate of drug-likeness (QED) is 0.157. The predicted molar refractivity (Wildman–Crippen MR) is 268 cm³/mol. The van der Waals surface area contributed by atoms with Crippen LogP contribution in [0, 0.1) is 0 Å². The first-order valence-corrected chi connectivity index (χ1v) is 22.2. The maximum Gasteiger partial charge on any atom is 0.0716 e. The van der Waals surface area contributed by atoms with E-state index in [1.807, 2.05) is 0 Å². The Labute approximate surface area is 371 Å². The number of aromatic nitrogens is 3. The zero-order valence-electron chi connectivity index (χ0n) is 35.1. The normalized spacial score (nSPS) is 12.2. The number of aryl methyl sites for hydroxylation is 2. The first kappa shape index (κ1) is 36.4. The summed E-state index contributed by atoms with van der Waals surface area (Å²) in [4.78, 5) is 5.45. The molecule has 0 fully saturated rings. The lowest BCUT2D eigenvalue weighted by atomic mass is 9.89. The minimum Gasteiger partial charge on any atom is -0.309 e. The van der Waals surface area contributed by atoms with Gasteiger partial charge in [0.15, 0.2) is 0 Å². The molecule has 9 aromatic carbocycles. The monoisotopic (exact) mass is 815 g/mol. The maximum absolute atomic E-state index is 5.45. The Morgan fingerprint density at radius 2 is 0.688 bits per heavy atom. The molecule has 0 N–H and O–H groups in total. The molecule has 1 aliphatic rings. The van der Waals surface area contributed by atoms with Gasteiger partial charge in [0, 0.05) is 44.0 Å². The summed E-state index contributed by atoms with van der Waals surface area (Å²) in [7, 11) is 0. The number of hydrogen-bond donors (Lipinski definition) is 0. The molecular weight excluding hydrogens is 775 g/mol. The summed E-state index contributed by atoms with van der Waals surface area (Å²) in [5.41, 5.74) is 21.1. The topological polar surface area (TPSA) is 22.8 Å². The van der Waals surface area contributed by atoms with E-state index in [4.69, 9.17) is 4.98 Å². The molecule has 0 saturated heterocycles. The Morgan fingerprint density at radius 3 is 1.23 bits per heavy atom. The van der Waals surface area contributed by atoms with E-state index in [-0.39, 0.29) is 0 Å². The Kier molecular flexibility index (Phi) is 8.35. The van der Waals surface area contributed by atoms with Gasteiger partial charge in [-0.1, -0.05) is 158 Å². The minimum atomic E-state index is 0.941. The second-order valence-electron chi connectivity index (χ2n) is 17.1. The molecule has 1 aliphatic carbocycles. The first-order valence-electron chi connectivity index (χ1n) is 22.2. The van der Waals surface area contributed by atoms with Crippen LogP contribution in [0.2, 0.25) is 0 Å². The molecule has 3 nitrogen and oxygen atoms in total. The molecule has 0 amide bonds. The van der Waals surface area contributed by atoms with Crippen molar-refractivity contribution in [2.75, 3.05) is 0 Å². The standard InChI is InChI=1S/C61H41N3/c1-5-17-40(18-6-1)46-32-47(41-19-7-2-8-20-41)35-50(34-46)64-58-38-49(55-37-48(42-21-9-3-10-22-42)36-54(62-55)43-23-11-4-12-24-43)31-44-29-30-45-33-51(39-59(64)61(45)60(44)58)63-56-27-15-13-25-52(56)53-26-14-16-28-57(53)63/h1-28,31-39H,29-30H2. The molecular formula is C61H41N3. The average molecular weight is 816 g/mol. The van der Waals surface area contributed by atoms with Crippen LogP contribution < -0.4 is 0 Å². The van der Waals surface area contributed by atoms with E-state index in [1.54, 1.807) is 0 Å². The van der Waals surface area contributed by atoms with Gasteiger partial charge in [-0.05, 0) is 124 Å². The van der Waals surface area contributed by atoms with Crippen LogP contribution in [0.4, 0.5) is 0 Å². The molecule has 0 radical (unpaired) electrons. The molecule has 3 heteroatoms. The van der Waals surface area contributed by atoms with Gasteiger partial charge < -0.3 is 9.13 Å². The van der Waals surface area contributed by atoms with Crippen LogP contribution in [0.25, 0.3) is 111 Å². The molecule has 0 saturated carbocycles. The Bertz CT molecular complexity index is 3580. The van der Waals surface area contributed by atoms with E-state index in [0.717, 1.165) is 46.6 Å². The summed E-state index contributed by atoms with van der Waals surface area (Å²) >= 11 is 0. The molecule has 3 heterocycles. The third-order valence-corrected chi connectivity index (χ3v) is 13.3. The van der Waals surface area contributed by atoms with Crippen molar-refractivity contribution >= 4 is 43.6 Å². The first-order chi connectivity index (χ1) is 31.7. The average Bonchev–Trinajstić information content (AvgIpc) is 3.89. The van der Waals surface area contributed by atoms with Crippen molar-refractivity contribution in [3.63, 3.8) is 0 Å². The molecule has 3 aromatic heterocycles. The van der Waals surface area contributed by atoms with Gasteiger partial charge in [-0.25, -0.2) is 4.98 Å². The molecule has 0 unspecified atom stereocenters. The molecule has 12 aromatic rings. The zero-order valence-corrected chi connectivity index (χ0v) is 35.1. The van der Waals surface area contributed by atoms with Crippen LogP contribution in [0.5, 0.6) is 0 Å². The molecule has 64 heavy (non-hydrogen) atoms. The third-order valence-electron chi connectivity index (χ3n) is 13.3. The summed E-state index contributed by atoms with van der Waals surface area (Å²) in [6.07, 6.45) is 1.89. The molecule has 0 aliphatic heterocycles. The number of pyridine rings is 1. The van der Waals surface area contributed by atoms with Crippen molar-refractivity contribution in [1.29, 1.82) is 0 Å². The van der Waals surface area contributed by atoms with E-state index in [2.05, 4.69) is 234 Å². The fourth-order valence-electron chi connectivity index (χ4n) is 10.4. The number of nitrogens with zero attached hydrogens (tertiary/aromatic N) is 3. The summed E-state index contributed by atoms with van der Waals surface area (Å²) < 4.78 is 5.03. The van der Waals surface area contributed by atoms with Crippen molar-refractivity contribution in [1.82, 2.24) is 14.1 Å². The van der Waals surface area contributed by atoms with Crippen molar-refractivity contribution in [3.05, 3.63) is 236 Å². The van der Waals surface area contributed by atoms with Crippen LogP contribution in [-0.4, -0.2) is 14.1 Å². The lowest BCUT2D eigenvalue weighted by molar-refractivity contribution is 0.966. The third kappa shape index (κ3) is 5.93. The van der Waals surface area contributed by atoms with E-state index in [0.29, 0.717) is 0 Å². The highest BCUT2D eigenvalue weighted by molar-refractivity contribution is 6.16. The van der Waals surface area contributed by atoms with E-state index in [9.17, 15) is 0 Å². The Morgan fingerprint density at radius 1 is 0.281 bits per heavy atom. The van der Waals surface area contributed by atoms with Gasteiger partial charge >= 0.3 is 0 Å². The van der Waals surface area contributed by atoms with Gasteiger partial charge in [-0.15, -0.1) is 0 Å². The van der Waals surface area contributed by atoms with Gasteiger partial charge in [0.05, 0.1) is 33.5 Å². The Balaban J connectivity index is 1.14.